The third-order valence-corrected chi connectivity index (χ3v) is 7.20. The van der Waals surface area contributed by atoms with E-state index in [0.29, 0.717) is 11.1 Å². The molecule has 6 heteroatoms. The largest absolute Gasteiger partial charge is 0.341 e. The molecule has 1 aromatic heterocycles. The molecule has 0 radical (unpaired) electrons. The molecule has 156 valence electrons. The van der Waals surface area contributed by atoms with Crippen molar-refractivity contribution in [3.63, 3.8) is 0 Å². The predicted molar refractivity (Wildman–Crippen MR) is 116 cm³/mol. The van der Waals surface area contributed by atoms with Crippen LogP contribution >= 0.6 is 0 Å². The molecule has 30 heavy (non-hydrogen) atoms. The van der Waals surface area contributed by atoms with Crippen molar-refractivity contribution >= 4 is 21.4 Å². The van der Waals surface area contributed by atoms with Crippen LogP contribution in [0.3, 0.4) is 0 Å². The Bertz CT molecular complexity index is 1220. The normalized spacial score (nSPS) is 11.5. The number of benzene rings is 2. The summed E-state index contributed by atoms with van der Waals surface area (Å²) in [7, 11) is -3.70. The van der Waals surface area contributed by atoms with Gasteiger partial charge in [-0.05, 0) is 57.0 Å². The highest BCUT2D eigenvalue weighted by Crippen LogP contribution is 2.30. The standard InChI is InChI=1S/C24H25NO4S/c1-16(26)15-25-17(2)22(24(18(25)3)19(4)27)14-20-10-8-9-13-23(20)30(28,29)21-11-6-5-7-12-21/h5-13H,14-15H2,1-4H3. The number of carbonyl (C=O) groups excluding carboxylic acids is 2. The number of nitrogens with zero attached hydrogens (tertiary/aromatic N) is 1. The maximum atomic E-state index is 13.2. The second kappa shape index (κ2) is 8.40. The minimum atomic E-state index is -3.70. The van der Waals surface area contributed by atoms with Crippen molar-refractivity contribution in [2.24, 2.45) is 0 Å². The molecule has 0 saturated carbocycles. The Morgan fingerprint density at radius 1 is 0.867 bits per heavy atom. The molecule has 0 aliphatic rings. The van der Waals surface area contributed by atoms with Crippen molar-refractivity contribution in [1.29, 1.82) is 0 Å². The molecule has 2 aromatic carbocycles. The van der Waals surface area contributed by atoms with Gasteiger partial charge in [-0.3, -0.25) is 9.59 Å². The van der Waals surface area contributed by atoms with Crippen LogP contribution in [0.25, 0.3) is 0 Å². The van der Waals surface area contributed by atoms with Crippen molar-refractivity contribution in [3.8, 4) is 0 Å². The molecule has 0 amide bonds. The van der Waals surface area contributed by atoms with Crippen LogP contribution in [-0.2, 0) is 27.6 Å². The summed E-state index contributed by atoms with van der Waals surface area (Å²) in [6, 6.07) is 15.2. The minimum absolute atomic E-state index is 0.00934. The van der Waals surface area contributed by atoms with Gasteiger partial charge in [0.2, 0.25) is 9.84 Å². The Kier molecular flexibility index (Phi) is 6.08. The van der Waals surface area contributed by atoms with Crippen LogP contribution in [0.4, 0.5) is 0 Å². The van der Waals surface area contributed by atoms with Crippen LogP contribution in [0.15, 0.2) is 64.4 Å². The highest BCUT2D eigenvalue weighted by atomic mass is 32.2. The number of ketones is 2. The first-order valence-corrected chi connectivity index (χ1v) is 11.2. The zero-order valence-corrected chi connectivity index (χ0v) is 18.4. The van der Waals surface area contributed by atoms with Gasteiger partial charge in [0.05, 0.1) is 16.3 Å². The van der Waals surface area contributed by atoms with Crippen LogP contribution in [0.1, 0.15) is 46.7 Å². The summed E-state index contributed by atoms with van der Waals surface area (Å²) in [5.74, 6) is -0.110. The Morgan fingerprint density at radius 3 is 2.07 bits per heavy atom. The van der Waals surface area contributed by atoms with Crippen LogP contribution in [0.2, 0.25) is 0 Å². The Hall–Kier alpha value is -2.99. The molecule has 0 saturated heterocycles. The van der Waals surface area contributed by atoms with Gasteiger partial charge < -0.3 is 4.57 Å². The monoisotopic (exact) mass is 423 g/mol. The lowest BCUT2D eigenvalue weighted by Gasteiger charge is -2.12. The van der Waals surface area contributed by atoms with Gasteiger partial charge in [0, 0.05) is 23.4 Å². The Labute approximate surface area is 177 Å². The van der Waals surface area contributed by atoms with E-state index in [0.717, 1.165) is 17.0 Å². The van der Waals surface area contributed by atoms with Crippen LogP contribution in [0, 0.1) is 13.8 Å². The van der Waals surface area contributed by atoms with E-state index < -0.39 is 9.84 Å². The number of hydrogen-bond donors (Lipinski definition) is 0. The molecule has 3 aromatic rings. The number of Topliss-reactive ketones (excluding diaryl/α,β-unsaturated/α-hetero) is 2. The van der Waals surface area contributed by atoms with Gasteiger partial charge >= 0.3 is 0 Å². The maximum Gasteiger partial charge on any atom is 0.206 e. The highest BCUT2D eigenvalue weighted by Gasteiger charge is 2.25. The van der Waals surface area contributed by atoms with Crippen LogP contribution < -0.4 is 0 Å². The van der Waals surface area contributed by atoms with E-state index in [9.17, 15) is 18.0 Å². The molecule has 0 aliphatic carbocycles. The second-order valence-electron chi connectivity index (χ2n) is 7.47. The zero-order chi connectivity index (χ0) is 22.1. The van der Waals surface area contributed by atoms with Crippen molar-refractivity contribution in [1.82, 2.24) is 4.57 Å². The van der Waals surface area contributed by atoms with E-state index in [-0.39, 0.29) is 34.3 Å². The fraction of sp³-hybridized carbons (Fsp3) is 0.250. The van der Waals surface area contributed by atoms with Gasteiger partial charge in [0.15, 0.2) is 5.78 Å². The number of hydrogen-bond acceptors (Lipinski definition) is 4. The van der Waals surface area contributed by atoms with Crippen molar-refractivity contribution < 1.29 is 18.0 Å². The predicted octanol–water partition coefficient (Wildman–Crippen LogP) is 4.32. The molecule has 3 rings (SSSR count). The van der Waals surface area contributed by atoms with Gasteiger partial charge in [-0.15, -0.1) is 0 Å². The van der Waals surface area contributed by atoms with Gasteiger partial charge in [-0.25, -0.2) is 8.42 Å². The molecule has 0 aliphatic heterocycles. The Balaban J connectivity index is 2.16. The molecule has 1 heterocycles. The number of sulfone groups is 1. The second-order valence-corrected chi connectivity index (χ2v) is 9.39. The van der Waals surface area contributed by atoms with E-state index >= 15 is 0 Å². The first-order valence-electron chi connectivity index (χ1n) is 9.71. The lowest BCUT2D eigenvalue weighted by atomic mass is 9.98. The van der Waals surface area contributed by atoms with Gasteiger partial charge in [0.1, 0.15) is 5.78 Å². The fourth-order valence-corrected chi connectivity index (χ4v) is 5.43. The SMILES string of the molecule is CC(=O)Cn1c(C)c(Cc2ccccc2S(=O)(=O)c2ccccc2)c(C(C)=O)c1C. The molecule has 0 unspecified atom stereocenters. The summed E-state index contributed by atoms with van der Waals surface area (Å²) in [5, 5.41) is 0. The van der Waals surface area contributed by atoms with Gasteiger partial charge in [0.25, 0.3) is 0 Å². The van der Waals surface area contributed by atoms with E-state index in [4.69, 9.17) is 0 Å². The van der Waals surface area contributed by atoms with Crippen LogP contribution in [-0.4, -0.2) is 24.6 Å². The highest BCUT2D eigenvalue weighted by molar-refractivity contribution is 7.91. The van der Waals surface area contributed by atoms with E-state index in [1.165, 1.54) is 13.8 Å². The van der Waals surface area contributed by atoms with Crippen LogP contribution in [0.5, 0.6) is 0 Å². The molecule has 0 atom stereocenters. The number of rotatable bonds is 7. The van der Waals surface area contributed by atoms with Gasteiger partial charge in [-0.2, -0.15) is 0 Å². The first-order chi connectivity index (χ1) is 14.1. The van der Waals surface area contributed by atoms with E-state index in [1.54, 1.807) is 54.6 Å². The molecular weight excluding hydrogens is 398 g/mol. The molecule has 0 N–H and O–H groups in total. The fourth-order valence-electron chi connectivity index (χ4n) is 3.92. The third-order valence-electron chi connectivity index (χ3n) is 5.33. The summed E-state index contributed by atoms with van der Waals surface area (Å²) in [5.41, 5.74) is 3.47. The molecule has 0 bridgehead atoms. The first kappa shape index (κ1) is 21.7. The minimum Gasteiger partial charge on any atom is -0.341 e. The topological polar surface area (TPSA) is 73.2 Å². The van der Waals surface area contributed by atoms with Crippen molar-refractivity contribution in [2.45, 2.75) is 50.5 Å². The zero-order valence-electron chi connectivity index (χ0n) is 17.6. The number of carbonyl (C=O) groups is 2. The molecule has 0 spiro atoms. The van der Waals surface area contributed by atoms with Crippen molar-refractivity contribution in [3.05, 3.63) is 82.7 Å². The summed E-state index contributed by atoms with van der Waals surface area (Å²) in [6.07, 6.45) is 0.286. The average Bonchev–Trinajstić information content (AvgIpc) is 2.93. The third kappa shape index (κ3) is 4.00. The molecular formula is C24H25NO4S. The summed E-state index contributed by atoms with van der Waals surface area (Å²) >= 11 is 0. The smallest absolute Gasteiger partial charge is 0.206 e. The summed E-state index contributed by atoms with van der Waals surface area (Å²) in [4.78, 5) is 24.6. The average molecular weight is 424 g/mol. The van der Waals surface area contributed by atoms with Gasteiger partial charge in [-0.1, -0.05) is 36.4 Å². The summed E-state index contributed by atoms with van der Waals surface area (Å²) in [6.45, 7) is 6.88. The van der Waals surface area contributed by atoms with E-state index in [1.807, 2.05) is 18.4 Å². The quantitative estimate of drug-likeness (QED) is 0.531. The molecule has 0 fully saturated rings. The van der Waals surface area contributed by atoms with Crippen molar-refractivity contribution in [2.75, 3.05) is 0 Å². The lowest BCUT2D eigenvalue weighted by Crippen LogP contribution is -2.10. The van der Waals surface area contributed by atoms with E-state index in [2.05, 4.69) is 0 Å². The lowest BCUT2D eigenvalue weighted by molar-refractivity contribution is -0.117. The number of aromatic nitrogens is 1. The maximum absolute atomic E-state index is 13.2. The Morgan fingerprint density at radius 2 is 1.47 bits per heavy atom. The summed E-state index contributed by atoms with van der Waals surface area (Å²) < 4.78 is 28.3. The molecule has 5 nitrogen and oxygen atoms in total.